The van der Waals surface area contributed by atoms with E-state index in [0.29, 0.717) is 5.39 Å². The molecule has 0 radical (unpaired) electrons. The molecule has 4 nitrogen and oxygen atoms in total. The average Bonchev–Trinajstić information content (AvgIpc) is 2.60. The molecule has 1 atom stereocenters. The minimum atomic E-state index is -0.0388. The van der Waals surface area contributed by atoms with E-state index >= 15 is 0 Å². The van der Waals surface area contributed by atoms with Crippen LogP contribution in [0.3, 0.4) is 0 Å². The Morgan fingerprint density at radius 2 is 1.88 bits per heavy atom. The predicted molar refractivity (Wildman–Crippen MR) is 102 cm³/mol. The molecule has 0 aliphatic carbocycles. The maximum atomic E-state index is 13.1. The van der Waals surface area contributed by atoms with Gasteiger partial charge in [-0.1, -0.05) is 35.0 Å². The maximum Gasteiger partial charge on any atom is 0.266 e. The normalized spacial score (nSPS) is 12.5. The van der Waals surface area contributed by atoms with Crippen molar-refractivity contribution in [2.24, 2.45) is 0 Å². The van der Waals surface area contributed by atoms with E-state index in [1.165, 1.54) is 0 Å². The van der Waals surface area contributed by atoms with E-state index in [9.17, 15) is 4.79 Å². The van der Waals surface area contributed by atoms with Crippen molar-refractivity contribution in [3.63, 3.8) is 0 Å². The fourth-order valence-corrected chi connectivity index (χ4v) is 3.00. The number of hydrogen-bond donors (Lipinski definition) is 1. The largest absolute Gasteiger partial charge is 0.308 e. The van der Waals surface area contributed by atoms with Crippen molar-refractivity contribution < 1.29 is 0 Å². The van der Waals surface area contributed by atoms with Crippen molar-refractivity contribution in [1.82, 2.24) is 14.9 Å². The number of nitrogens with zero attached hydrogens (tertiary/aromatic N) is 2. The number of fused-ring (bicyclic) bond motifs is 1. The minimum Gasteiger partial charge on any atom is -0.308 e. The SMILES string of the molecule is CCCNC(C)c1nc2ccccc2c(=O)n1-c1ccc(Br)cc1. The highest BCUT2D eigenvalue weighted by Gasteiger charge is 2.17. The molecule has 3 rings (SSSR count). The molecule has 1 unspecified atom stereocenters. The molecule has 0 saturated heterocycles. The molecule has 1 heterocycles. The zero-order chi connectivity index (χ0) is 17.1. The first-order chi connectivity index (χ1) is 11.6. The summed E-state index contributed by atoms with van der Waals surface area (Å²) >= 11 is 3.44. The lowest BCUT2D eigenvalue weighted by Crippen LogP contribution is -2.30. The molecule has 124 valence electrons. The maximum absolute atomic E-state index is 13.1. The molecule has 0 saturated carbocycles. The number of hydrogen-bond acceptors (Lipinski definition) is 3. The zero-order valence-electron chi connectivity index (χ0n) is 13.8. The van der Waals surface area contributed by atoms with Crippen LogP contribution in [0.1, 0.15) is 32.1 Å². The van der Waals surface area contributed by atoms with Crippen LogP contribution in [0.25, 0.3) is 16.6 Å². The highest BCUT2D eigenvalue weighted by atomic mass is 79.9. The van der Waals surface area contributed by atoms with Gasteiger partial charge in [-0.3, -0.25) is 9.36 Å². The number of rotatable bonds is 5. The molecule has 0 aliphatic rings. The summed E-state index contributed by atoms with van der Waals surface area (Å²) in [5.74, 6) is 0.731. The van der Waals surface area contributed by atoms with E-state index in [1.54, 1.807) is 4.57 Å². The predicted octanol–water partition coefficient (Wildman–Crippen LogP) is 4.21. The van der Waals surface area contributed by atoms with Crippen molar-refractivity contribution in [1.29, 1.82) is 0 Å². The second-order valence-corrected chi connectivity index (χ2v) is 6.70. The van der Waals surface area contributed by atoms with Gasteiger partial charge in [0.05, 0.1) is 22.6 Å². The minimum absolute atomic E-state index is 0.0223. The van der Waals surface area contributed by atoms with Crippen LogP contribution in [0.4, 0.5) is 0 Å². The topological polar surface area (TPSA) is 46.9 Å². The lowest BCUT2D eigenvalue weighted by atomic mass is 10.2. The summed E-state index contributed by atoms with van der Waals surface area (Å²) in [5, 5.41) is 4.06. The average molecular weight is 386 g/mol. The molecule has 0 aliphatic heterocycles. The molecule has 2 aromatic carbocycles. The first kappa shape index (κ1) is 16.9. The van der Waals surface area contributed by atoms with Crippen LogP contribution in [0, 0.1) is 0 Å². The van der Waals surface area contributed by atoms with Crippen molar-refractivity contribution in [3.8, 4) is 5.69 Å². The van der Waals surface area contributed by atoms with Crippen LogP contribution in [0.5, 0.6) is 0 Å². The molecule has 0 bridgehead atoms. The van der Waals surface area contributed by atoms with E-state index in [1.807, 2.05) is 55.5 Å². The van der Waals surface area contributed by atoms with Crippen LogP contribution >= 0.6 is 15.9 Å². The Morgan fingerprint density at radius 1 is 1.17 bits per heavy atom. The van der Waals surface area contributed by atoms with Gasteiger partial charge >= 0.3 is 0 Å². The van der Waals surface area contributed by atoms with E-state index in [4.69, 9.17) is 4.98 Å². The van der Waals surface area contributed by atoms with Crippen LogP contribution in [0.15, 0.2) is 57.8 Å². The summed E-state index contributed by atoms with van der Waals surface area (Å²) in [6.45, 7) is 5.04. The van der Waals surface area contributed by atoms with Gasteiger partial charge in [-0.2, -0.15) is 0 Å². The third-order valence-corrected chi connectivity index (χ3v) is 4.50. The second-order valence-electron chi connectivity index (χ2n) is 5.78. The Balaban J connectivity index is 2.25. The molecule has 1 N–H and O–H groups in total. The first-order valence-electron chi connectivity index (χ1n) is 8.13. The molecule has 0 fully saturated rings. The van der Waals surface area contributed by atoms with Gasteiger partial charge in [-0.15, -0.1) is 0 Å². The summed E-state index contributed by atoms with van der Waals surface area (Å²) in [6.07, 6.45) is 1.03. The standard InChI is InChI=1S/C19H20BrN3O/c1-3-12-21-13(2)18-22-17-7-5-4-6-16(17)19(24)23(18)15-10-8-14(20)9-11-15/h4-11,13,21H,3,12H2,1-2H3. The Bertz CT molecular complexity index is 903. The molecule has 3 aromatic rings. The molecule has 1 aromatic heterocycles. The fourth-order valence-electron chi connectivity index (χ4n) is 2.73. The van der Waals surface area contributed by atoms with Gasteiger partial charge in [-0.05, 0) is 56.3 Å². The van der Waals surface area contributed by atoms with Gasteiger partial charge in [0.25, 0.3) is 5.56 Å². The van der Waals surface area contributed by atoms with Crippen molar-refractivity contribution in [2.75, 3.05) is 6.54 Å². The molecule has 0 spiro atoms. The summed E-state index contributed by atoms with van der Waals surface area (Å²) in [5.41, 5.74) is 1.51. The number of halogens is 1. The highest BCUT2D eigenvalue weighted by Crippen LogP contribution is 2.19. The molecule has 5 heteroatoms. The Morgan fingerprint density at radius 3 is 2.58 bits per heavy atom. The van der Waals surface area contributed by atoms with E-state index in [0.717, 1.165) is 34.5 Å². The van der Waals surface area contributed by atoms with Crippen LogP contribution in [-0.2, 0) is 0 Å². The molecular formula is C19H20BrN3O. The number of nitrogens with one attached hydrogen (secondary N) is 1. The molecule has 24 heavy (non-hydrogen) atoms. The van der Waals surface area contributed by atoms with Crippen LogP contribution in [0.2, 0.25) is 0 Å². The van der Waals surface area contributed by atoms with Crippen LogP contribution in [-0.4, -0.2) is 16.1 Å². The van der Waals surface area contributed by atoms with E-state index in [2.05, 4.69) is 28.2 Å². The van der Waals surface area contributed by atoms with E-state index in [-0.39, 0.29) is 11.6 Å². The van der Waals surface area contributed by atoms with Crippen molar-refractivity contribution >= 4 is 26.8 Å². The molecule has 0 amide bonds. The summed E-state index contributed by atoms with van der Waals surface area (Å²) < 4.78 is 2.69. The van der Waals surface area contributed by atoms with Gasteiger partial charge in [0, 0.05) is 4.47 Å². The number of para-hydroxylation sites is 1. The van der Waals surface area contributed by atoms with Crippen molar-refractivity contribution in [3.05, 3.63) is 69.2 Å². The second kappa shape index (κ2) is 7.28. The Labute approximate surface area is 149 Å². The van der Waals surface area contributed by atoms with Gasteiger partial charge in [0.1, 0.15) is 5.82 Å². The third-order valence-electron chi connectivity index (χ3n) is 3.97. The quantitative estimate of drug-likeness (QED) is 0.715. The number of benzene rings is 2. The lowest BCUT2D eigenvalue weighted by Gasteiger charge is -2.19. The van der Waals surface area contributed by atoms with Gasteiger partial charge in [0.15, 0.2) is 0 Å². The van der Waals surface area contributed by atoms with Crippen LogP contribution < -0.4 is 10.9 Å². The van der Waals surface area contributed by atoms with Crippen molar-refractivity contribution in [2.45, 2.75) is 26.3 Å². The van der Waals surface area contributed by atoms with E-state index < -0.39 is 0 Å². The third kappa shape index (κ3) is 3.28. The number of aromatic nitrogens is 2. The summed E-state index contributed by atoms with van der Waals surface area (Å²) in [6, 6.07) is 15.2. The monoisotopic (exact) mass is 385 g/mol. The molecular weight excluding hydrogens is 366 g/mol. The highest BCUT2D eigenvalue weighted by molar-refractivity contribution is 9.10. The Kier molecular flexibility index (Phi) is 5.11. The van der Waals surface area contributed by atoms with Gasteiger partial charge in [-0.25, -0.2) is 4.98 Å². The lowest BCUT2D eigenvalue weighted by molar-refractivity contribution is 0.531. The van der Waals surface area contributed by atoms with Gasteiger partial charge < -0.3 is 5.32 Å². The zero-order valence-corrected chi connectivity index (χ0v) is 15.4. The smallest absolute Gasteiger partial charge is 0.266 e. The summed E-state index contributed by atoms with van der Waals surface area (Å²) in [4.78, 5) is 17.9. The first-order valence-corrected chi connectivity index (χ1v) is 8.92. The van der Waals surface area contributed by atoms with Gasteiger partial charge in [0.2, 0.25) is 0 Å². The Hall–Kier alpha value is -1.98. The fraction of sp³-hybridized carbons (Fsp3) is 0.263. The summed E-state index contributed by atoms with van der Waals surface area (Å²) in [7, 11) is 0.